The molecule has 0 spiro atoms. The number of likely N-dealkylation sites (N-methyl/N-ethyl adjacent to an activating group) is 1. The van der Waals surface area contributed by atoms with Crippen LogP contribution in [0.1, 0.15) is 46.8 Å². The van der Waals surface area contributed by atoms with Gasteiger partial charge in [-0.05, 0) is 38.6 Å². The summed E-state index contributed by atoms with van der Waals surface area (Å²) < 4.78 is 34.6. The zero-order valence-electron chi connectivity index (χ0n) is 20.4. The summed E-state index contributed by atoms with van der Waals surface area (Å²) in [6.45, 7) is 5.61. The molecule has 1 aliphatic rings. The third-order valence-electron chi connectivity index (χ3n) is 5.80. The van der Waals surface area contributed by atoms with Gasteiger partial charge in [0.1, 0.15) is 11.4 Å². The first-order valence-electron chi connectivity index (χ1n) is 11.4. The zero-order chi connectivity index (χ0) is 25.9. The summed E-state index contributed by atoms with van der Waals surface area (Å²) in [6, 6.07) is 3.95. The highest BCUT2D eigenvalue weighted by molar-refractivity contribution is 7.89. The number of benzene rings is 1. The lowest BCUT2D eigenvalue weighted by Gasteiger charge is -2.31. The Kier molecular flexibility index (Phi) is 8.15. The normalized spacial score (nSPS) is 15.2. The van der Waals surface area contributed by atoms with Crippen LogP contribution in [-0.4, -0.2) is 84.3 Å². The Morgan fingerprint density at radius 2 is 1.83 bits per heavy atom. The summed E-state index contributed by atoms with van der Waals surface area (Å²) in [6.07, 6.45) is 1.00. The van der Waals surface area contributed by atoms with Gasteiger partial charge in [0.25, 0.3) is 11.8 Å². The molecular formula is C22H32N6O6S. The maximum absolute atomic E-state index is 13.5. The highest BCUT2D eigenvalue weighted by atomic mass is 32.2. The molecule has 1 aromatic heterocycles. The molecular weight excluding hydrogens is 476 g/mol. The third kappa shape index (κ3) is 5.32. The highest BCUT2D eigenvalue weighted by Gasteiger charge is 2.33. The van der Waals surface area contributed by atoms with Crippen LogP contribution >= 0.6 is 0 Å². The van der Waals surface area contributed by atoms with Gasteiger partial charge in [0.15, 0.2) is 5.69 Å². The Labute approximate surface area is 204 Å². The van der Waals surface area contributed by atoms with E-state index in [1.807, 2.05) is 18.9 Å². The Bertz CT molecular complexity index is 1200. The fraction of sp³-hybridized carbons (Fsp3) is 0.500. The monoisotopic (exact) mass is 508 g/mol. The maximum Gasteiger partial charge on any atom is 0.285 e. The molecule has 0 saturated carbocycles. The predicted octanol–water partition coefficient (Wildman–Crippen LogP) is 0.842. The van der Waals surface area contributed by atoms with E-state index in [-0.39, 0.29) is 34.2 Å². The number of nitrogens with zero attached hydrogens (tertiary/aromatic N) is 5. The van der Waals surface area contributed by atoms with Crippen molar-refractivity contribution in [1.82, 2.24) is 19.0 Å². The summed E-state index contributed by atoms with van der Waals surface area (Å²) >= 11 is 0. The van der Waals surface area contributed by atoms with Crippen LogP contribution in [0.4, 0.5) is 5.69 Å². The molecule has 1 saturated heterocycles. The van der Waals surface area contributed by atoms with Gasteiger partial charge in [-0.15, -0.1) is 0 Å². The second kappa shape index (κ2) is 10.7. The molecule has 1 fully saturated rings. The molecule has 35 heavy (non-hydrogen) atoms. The first kappa shape index (κ1) is 26.6. The van der Waals surface area contributed by atoms with E-state index in [9.17, 15) is 23.2 Å². The number of sulfonamides is 1. The van der Waals surface area contributed by atoms with Crippen molar-refractivity contribution in [3.8, 4) is 5.75 Å². The van der Waals surface area contributed by atoms with Gasteiger partial charge >= 0.3 is 0 Å². The van der Waals surface area contributed by atoms with Crippen LogP contribution in [0.15, 0.2) is 23.1 Å². The number of hydroxylamine groups is 1. The standard InChI is InChI=1S/C22H32N6O6S/c1-5-7-17-19(20(21(23)29)26(4)24-17)28(31)22(30)16-14-15(8-9-18(16)34-6-2)35(32,33)27-12-10-25(3)11-13-27/h8-9,14,31H,5-7,10-13H2,1-4H3,(H2,23,29). The van der Waals surface area contributed by atoms with Crippen molar-refractivity contribution in [2.75, 3.05) is 44.9 Å². The fourth-order valence-electron chi connectivity index (χ4n) is 3.98. The summed E-state index contributed by atoms with van der Waals surface area (Å²) in [5.74, 6) is -1.76. The molecule has 1 aromatic carbocycles. The van der Waals surface area contributed by atoms with Crippen LogP contribution in [0.25, 0.3) is 0 Å². The maximum atomic E-state index is 13.5. The Hall–Kier alpha value is -3.00. The number of primary amides is 1. The van der Waals surface area contributed by atoms with E-state index >= 15 is 0 Å². The summed E-state index contributed by atoms with van der Waals surface area (Å²) in [4.78, 5) is 27.5. The minimum Gasteiger partial charge on any atom is -0.493 e. The second-order valence-electron chi connectivity index (χ2n) is 8.30. The zero-order valence-corrected chi connectivity index (χ0v) is 21.2. The predicted molar refractivity (Wildman–Crippen MR) is 128 cm³/mol. The molecule has 1 aliphatic heterocycles. The SMILES string of the molecule is CCCc1nn(C)c(C(N)=O)c1N(O)C(=O)c1cc(S(=O)(=O)N2CCN(C)CC2)ccc1OCC. The van der Waals surface area contributed by atoms with Crippen LogP contribution in [0.3, 0.4) is 0 Å². The van der Waals surface area contributed by atoms with Crippen molar-refractivity contribution < 1.29 is 28.0 Å². The molecule has 2 amide bonds. The van der Waals surface area contributed by atoms with E-state index < -0.39 is 21.8 Å². The minimum absolute atomic E-state index is 0.0930. The molecule has 3 rings (SSSR count). The number of rotatable bonds is 9. The number of anilines is 1. The Morgan fingerprint density at radius 1 is 1.17 bits per heavy atom. The van der Waals surface area contributed by atoms with E-state index in [0.717, 1.165) is 0 Å². The molecule has 0 atom stereocenters. The molecule has 2 heterocycles. The van der Waals surface area contributed by atoms with Crippen molar-refractivity contribution in [1.29, 1.82) is 0 Å². The minimum atomic E-state index is -3.89. The summed E-state index contributed by atoms with van der Waals surface area (Å²) in [5, 5.41) is 15.5. The van der Waals surface area contributed by atoms with Gasteiger partial charge in [0, 0.05) is 33.2 Å². The third-order valence-corrected chi connectivity index (χ3v) is 7.69. The van der Waals surface area contributed by atoms with Crippen LogP contribution in [0, 0.1) is 0 Å². The molecule has 13 heteroatoms. The lowest BCUT2D eigenvalue weighted by Crippen LogP contribution is -2.47. The fourth-order valence-corrected chi connectivity index (χ4v) is 5.43. The number of aryl methyl sites for hydroxylation is 2. The molecule has 0 radical (unpaired) electrons. The topological polar surface area (TPSA) is 151 Å². The number of piperazine rings is 1. The number of aromatic nitrogens is 2. The van der Waals surface area contributed by atoms with Gasteiger partial charge in [-0.3, -0.25) is 19.5 Å². The molecule has 12 nitrogen and oxygen atoms in total. The van der Waals surface area contributed by atoms with Crippen molar-refractivity contribution in [3.63, 3.8) is 0 Å². The van der Waals surface area contributed by atoms with Crippen molar-refractivity contribution in [2.24, 2.45) is 12.8 Å². The average molecular weight is 509 g/mol. The van der Waals surface area contributed by atoms with Crippen LogP contribution in [0.2, 0.25) is 0 Å². The molecule has 2 aromatic rings. The van der Waals surface area contributed by atoms with Crippen molar-refractivity contribution in [3.05, 3.63) is 35.2 Å². The first-order chi connectivity index (χ1) is 16.5. The van der Waals surface area contributed by atoms with E-state index in [1.54, 1.807) is 6.92 Å². The lowest BCUT2D eigenvalue weighted by molar-refractivity contribution is 0.0848. The quantitative estimate of drug-likeness (QED) is 0.374. The number of nitrogens with two attached hydrogens (primary N) is 1. The largest absolute Gasteiger partial charge is 0.493 e. The Morgan fingerprint density at radius 3 is 2.40 bits per heavy atom. The molecule has 0 bridgehead atoms. The van der Waals surface area contributed by atoms with Gasteiger partial charge in [0.05, 0.1) is 22.8 Å². The number of carbonyl (C=O) groups excluding carboxylic acids is 2. The molecule has 0 unspecified atom stereocenters. The van der Waals surface area contributed by atoms with Gasteiger partial charge < -0.3 is 15.4 Å². The summed E-state index contributed by atoms with van der Waals surface area (Å²) in [7, 11) is -0.492. The number of hydrogen-bond donors (Lipinski definition) is 2. The highest BCUT2D eigenvalue weighted by Crippen LogP contribution is 2.31. The van der Waals surface area contributed by atoms with Gasteiger partial charge in [-0.2, -0.15) is 14.5 Å². The number of carbonyl (C=O) groups is 2. The van der Waals surface area contributed by atoms with Gasteiger partial charge in [0.2, 0.25) is 10.0 Å². The molecule has 192 valence electrons. The van der Waals surface area contributed by atoms with Gasteiger partial charge in [-0.1, -0.05) is 13.3 Å². The van der Waals surface area contributed by atoms with Crippen LogP contribution in [-0.2, 0) is 23.5 Å². The summed E-state index contributed by atoms with van der Waals surface area (Å²) in [5.41, 5.74) is 5.33. The smallest absolute Gasteiger partial charge is 0.285 e. The van der Waals surface area contributed by atoms with E-state index in [2.05, 4.69) is 5.10 Å². The van der Waals surface area contributed by atoms with Crippen LogP contribution in [0.5, 0.6) is 5.75 Å². The Balaban J connectivity index is 2.07. The molecule has 3 N–H and O–H groups in total. The van der Waals surface area contributed by atoms with E-state index in [0.29, 0.717) is 49.8 Å². The van der Waals surface area contributed by atoms with E-state index in [1.165, 1.54) is 34.2 Å². The van der Waals surface area contributed by atoms with Crippen molar-refractivity contribution in [2.45, 2.75) is 31.6 Å². The average Bonchev–Trinajstić information content (AvgIpc) is 3.14. The number of amides is 2. The second-order valence-corrected chi connectivity index (χ2v) is 10.2. The lowest BCUT2D eigenvalue weighted by atomic mass is 10.1. The number of ether oxygens (including phenoxy) is 1. The molecule has 0 aliphatic carbocycles. The number of hydrogen-bond acceptors (Lipinski definition) is 8. The van der Waals surface area contributed by atoms with Crippen LogP contribution < -0.4 is 15.5 Å². The first-order valence-corrected chi connectivity index (χ1v) is 12.8. The van der Waals surface area contributed by atoms with Gasteiger partial charge in [-0.25, -0.2) is 8.42 Å². The van der Waals surface area contributed by atoms with E-state index in [4.69, 9.17) is 10.5 Å². The van der Waals surface area contributed by atoms with Crippen molar-refractivity contribution >= 4 is 27.5 Å².